The maximum Gasteiger partial charge on any atom is 0.161 e. The number of halogens is 1. The van der Waals surface area contributed by atoms with Gasteiger partial charge in [-0.2, -0.15) is 0 Å². The summed E-state index contributed by atoms with van der Waals surface area (Å²) >= 11 is 0. The van der Waals surface area contributed by atoms with E-state index in [1.54, 1.807) is 6.07 Å². The lowest BCUT2D eigenvalue weighted by Gasteiger charge is -2.37. The first-order valence-corrected chi connectivity index (χ1v) is 6.71. The fourth-order valence-corrected chi connectivity index (χ4v) is 2.69. The number of piperidine rings is 1. The summed E-state index contributed by atoms with van der Waals surface area (Å²) in [7, 11) is 4.19. The second kappa shape index (κ2) is 5.70. The molecule has 1 aromatic carbocycles. The first kappa shape index (κ1) is 14.0. The third-order valence-corrected chi connectivity index (χ3v) is 3.87. The van der Waals surface area contributed by atoms with E-state index in [1.807, 2.05) is 0 Å². The number of hydrogen-bond donors (Lipinski definition) is 0. The largest absolute Gasteiger partial charge is 0.371 e. The van der Waals surface area contributed by atoms with Gasteiger partial charge in [0.15, 0.2) is 5.78 Å². The minimum Gasteiger partial charge on any atom is -0.371 e. The first-order chi connectivity index (χ1) is 8.99. The number of hydrogen-bond acceptors (Lipinski definition) is 3. The molecular weight excluding hydrogens is 243 g/mol. The molecule has 1 saturated heterocycles. The highest BCUT2D eigenvalue weighted by Gasteiger charge is 2.23. The van der Waals surface area contributed by atoms with Crippen molar-refractivity contribution in [2.45, 2.75) is 25.8 Å². The zero-order valence-corrected chi connectivity index (χ0v) is 11.8. The highest BCUT2D eigenvalue weighted by Crippen LogP contribution is 2.26. The fraction of sp³-hybridized carbons (Fsp3) is 0.533. The van der Waals surface area contributed by atoms with Crippen LogP contribution in [0.15, 0.2) is 18.2 Å². The second-order valence-corrected chi connectivity index (χ2v) is 5.40. The summed E-state index contributed by atoms with van der Waals surface area (Å²) in [5.41, 5.74) is 1.36. The van der Waals surface area contributed by atoms with Crippen molar-refractivity contribution in [2.75, 3.05) is 32.1 Å². The molecule has 4 heteroatoms. The van der Waals surface area contributed by atoms with Crippen molar-refractivity contribution < 1.29 is 9.18 Å². The van der Waals surface area contributed by atoms with Gasteiger partial charge in [-0.25, -0.2) is 4.39 Å². The van der Waals surface area contributed by atoms with E-state index in [0.29, 0.717) is 11.6 Å². The van der Waals surface area contributed by atoms with Crippen LogP contribution in [-0.4, -0.2) is 43.9 Å². The number of Topliss-reactive ketones (excluding diaryl/α,β-unsaturated/α-hetero) is 1. The zero-order chi connectivity index (χ0) is 14.0. The molecule has 19 heavy (non-hydrogen) atoms. The lowest BCUT2D eigenvalue weighted by molar-refractivity contribution is 0.101. The lowest BCUT2D eigenvalue weighted by atomic mass is 10.0. The van der Waals surface area contributed by atoms with E-state index in [9.17, 15) is 9.18 Å². The molecule has 1 aliphatic heterocycles. The minimum atomic E-state index is -0.350. The van der Waals surface area contributed by atoms with Crippen LogP contribution >= 0.6 is 0 Å². The van der Waals surface area contributed by atoms with Crippen molar-refractivity contribution in [3.05, 3.63) is 29.6 Å². The number of carbonyl (C=O) groups excluding carboxylic acids is 1. The molecule has 0 saturated carbocycles. The molecule has 0 bridgehead atoms. The smallest absolute Gasteiger partial charge is 0.161 e. The molecule has 2 rings (SSSR count). The predicted molar refractivity (Wildman–Crippen MR) is 75.3 cm³/mol. The van der Waals surface area contributed by atoms with E-state index < -0.39 is 0 Å². The normalized spacial score (nSPS) is 17.0. The van der Waals surface area contributed by atoms with Crippen LogP contribution < -0.4 is 4.90 Å². The van der Waals surface area contributed by atoms with Crippen LogP contribution in [0, 0.1) is 5.82 Å². The van der Waals surface area contributed by atoms with Crippen molar-refractivity contribution in [1.82, 2.24) is 4.90 Å². The number of anilines is 1. The molecule has 1 aromatic rings. The Labute approximate surface area is 114 Å². The Morgan fingerprint density at radius 3 is 2.47 bits per heavy atom. The van der Waals surface area contributed by atoms with Crippen LogP contribution in [0.3, 0.4) is 0 Å². The molecule has 1 fully saturated rings. The first-order valence-electron chi connectivity index (χ1n) is 6.71. The molecule has 3 nitrogen and oxygen atoms in total. The van der Waals surface area contributed by atoms with Gasteiger partial charge in [0.1, 0.15) is 5.82 Å². The van der Waals surface area contributed by atoms with Crippen molar-refractivity contribution in [3.8, 4) is 0 Å². The molecule has 1 aliphatic rings. The molecule has 0 N–H and O–H groups in total. The van der Waals surface area contributed by atoms with E-state index in [4.69, 9.17) is 0 Å². The van der Waals surface area contributed by atoms with Gasteiger partial charge in [0.25, 0.3) is 0 Å². The van der Waals surface area contributed by atoms with Gasteiger partial charge in [-0.1, -0.05) is 0 Å². The molecule has 0 unspecified atom stereocenters. The average molecular weight is 264 g/mol. The van der Waals surface area contributed by atoms with Crippen LogP contribution in [0.4, 0.5) is 10.1 Å². The Morgan fingerprint density at radius 2 is 1.95 bits per heavy atom. The summed E-state index contributed by atoms with van der Waals surface area (Å²) < 4.78 is 13.3. The molecule has 104 valence electrons. The number of benzene rings is 1. The third kappa shape index (κ3) is 3.13. The summed E-state index contributed by atoms with van der Waals surface area (Å²) in [5.74, 6) is -0.429. The van der Waals surface area contributed by atoms with Gasteiger partial charge < -0.3 is 9.80 Å². The van der Waals surface area contributed by atoms with Crippen LogP contribution in [0.25, 0.3) is 0 Å². The number of rotatable bonds is 3. The summed E-state index contributed by atoms with van der Waals surface area (Å²) in [6.07, 6.45) is 2.14. The van der Waals surface area contributed by atoms with Gasteiger partial charge in [-0.05, 0) is 52.1 Å². The third-order valence-electron chi connectivity index (χ3n) is 3.87. The molecule has 0 spiro atoms. The maximum atomic E-state index is 13.3. The quantitative estimate of drug-likeness (QED) is 0.784. The van der Waals surface area contributed by atoms with Crippen molar-refractivity contribution in [3.63, 3.8) is 0 Å². The van der Waals surface area contributed by atoms with Crippen LogP contribution in [-0.2, 0) is 0 Å². The molecule has 0 aliphatic carbocycles. The molecule has 0 atom stereocenters. The Morgan fingerprint density at radius 1 is 1.32 bits per heavy atom. The predicted octanol–water partition coefficient (Wildman–Crippen LogP) is 2.56. The van der Waals surface area contributed by atoms with Gasteiger partial charge in [0.2, 0.25) is 0 Å². The molecular formula is C15H21FN2O. The second-order valence-electron chi connectivity index (χ2n) is 5.40. The van der Waals surface area contributed by atoms with E-state index in [2.05, 4.69) is 23.9 Å². The van der Waals surface area contributed by atoms with E-state index >= 15 is 0 Å². The lowest BCUT2D eigenvalue weighted by Crippen LogP contribution is -2.42. The number of nitrogens with zero attached hydrogens (tertiary/aromatic N) is 2. The Bertz CT molecular complexity index is 465. The molecule has 1 heterocycles. The molecule has 0 aromatic heterocycles. The van der Waals surface area contributed by atoms with Gasteiger partial charge in [0, 0.05) is 30.4 Å². The highest BCUT2D eigenvalue weighted by molar-refractivity contribution is 5.99. The van der Waals surface area contributed by atoms with Gasteiger partial charge in [-0.15, -0.1) is 0 Å². The van der Waals surface area contributed by atoms with E-state index in [1.165, 1.54) is 19.1 Å². The van der Waals surface area contributed by atoms with Crippen LogP contribution in [0.2, 0.25) is 0 Å². The van der Waals surface area contributed by atoms with Crippen LogP contribution in [0.5, 0.6) is 0 Å². The summed E-state index contributed by atoms with van der Waals surface area (Å²) in [5, 5.41) is 0. The Balaban J connectivity index is 2.17. The Hall–Kier alpha value is -1.42. The van der Waals surface area contributed by atoms with Crippen molar-refractivity contribution >= 4 is 11.5 Å². The van der Waals surface area contributed by atoms with Crippen molar-refractivity contribution in [2.24, 2.45) is 0 Å². The SMILES string of the molecule is CC(=O)c1cc(F)ccc1N1CCC(N(C)C)CC1. The summed E-state index contributed by atoms with van der Waals surface area (Å²) in [4.78, 5) is 16.1. The van der Waals surface area contributed by atoms with Crippen LogP contribution in [0.1, 0.15) is 30.1 Å². The summed E-state index contributed by atoms with van der Waals surface area (Å²) in [6.45, 7) is 3.31. The number of ketones is 1. The van der Waals surface area contributed by atoms with Crippen molar-refractivity contribution in [1.29, 1.82) is 0 Å². The van der Waals surface area contributed by atoms with E-state index in [0.717, 1.165) is 31.6 Å². The summed E-state index contributed by atoms with van der Waals surface area (Å²) in [6, 6.07) is 5.09. The fourth-order valence-electron chi connectivity index (χ4n) is 2.69. The zero-order valence-electron chi connectivity index (χ0n) is 11.8. The standard InChI is InChI=1S/C15H21FN2O/c1-11(19)14-10-12(16)4-5-15(14)18-8-6-13(7-9-18)17(2)3/h4-5,10,13H,6-9H2,1-3H3. The molecule has 0 radical (unpaired) electrons. The maximum absolute atomic E-state index is 13.3. The topological polar surface area (TPSA) is 23.6 Å². The highest BCUT2D eigenvalue weighted by atomic mass is 19.1. The minimum absolute atomic E-state index is 0.0794. The molecule has 0 amide bonds. The van der Waals surface area contributed by atoms with Gasteiger partial charge in [0.05, 0.1) is 0 Å². The average Bonchev–Trinajstić information content (AvgIpc) is 2.38. The van der Waals surface area contributed by atoms with E-state index in [-0.39, 0.29) is 11.6 Å². The Kier molecular flexibility index (Phi) is 4.20. The monoisotopic (exact) mass is 264 g/mol. The van der Waals surface area contributed by atoms with Gasteiger partial charge >= 0.3 is 0 Å². The number of carbonyl (C=O) groups is 1. The van der Waals surface area contributed by atoms with Gasteiger partial charge in [-0.3, -0.25) is 4.79 Å².